The molecule has 2 aromatic rings. The van der Waals surface area contributed by atoms with Crippen LogP contribution in [0.15, 0.2) is 43.2 Å². The lowest BCUT2D eigenvalue weighted by atomic mass is 10.2. The number of hydrogen-bond acceptors (Lipinski definition) is 2. The van der Waals surface area contributed by atoms with E-state index in [0.29, 0.717) is 0 Å². The van der Waals surface area contributed by atoms with Gasteiger partial charge in [0, 0.05) is 31.3 Å². The summed E-state index contributed by atoms with van der Waals surface area (Å²) in [6.07, 6.45) is 10.3. The lowest BCUT2D eigenvalue weighted by Gasteiger charge is -2.01. The van der Waals surface area contributed by atoms with Gasteiger partial charge in [0.1, 0.15) is 0 Å². The molecule has 0 amide bonds. The summed E-state index contributed by atoms with van der Waals surface area (Å²) in [4.78, 5) is 7.96. The Morgan fingerprint density at radius 3 is 2.62 bits per heavy atom. The Balaban J connectivity index is 1.94. The molecule has 66 valence electrons. The first-order valence-electron chi connectivity index (χ1n) is 4.30. The van der Waals surface area contributed by atoms with Gasteiger partial charge in [0.15, 0.2) is 0 Å². The molecule has 0 aliphatic carbocycles. The molecule has 2 aromatic heterocycles. The molecule has 3 nitrogen and oxygen atoms in total. The van der Waals surface area contributed by atoms with Crippen LogP contribution < -0.4 is 0 Å². The van der Waals surface area contributed by atoms with Crippen molar-refractivity contribution in [3.8, 4) is 0 Å². The molecule has 0 saturated heterocycles. The number of aromatic nitrogens is 3. The second-order valence-corrected chi connectivity index (χ2v) is 2.91. The molecule has 0 radical (unpaired) electrons. The van der Waals surface area contributed by atoms with Crippen molar-refractivity contribution >= 4 is 0 Å². The summed E-state index contributed by atoms with van der Waals surface area (Å²) in [7, 11) is 0. The highest BCUT2D eigenvalue weighted by Crippen LogP contribution is 1.99. The zero-order chi connectivity index (χ0) is 8.93. The normalized spacial score (nSPS) is 10.2. The quantitative estimate of drug-likeness (QED) is 0.704. The summed E-state index contributed by atoms with van der Waals surface area (Å²) in [6.45, 7) is 0.976. The van der Waals surface area contributed by atoms with E-state index in [0.717, 1.165) is 13.0 Å². The van der Waals surface area contributed by atoms with Crippen LogP contribution in [0.2, 0.25) is 0 Å². The lowest BCUT2D eigenvalue weighted by Crippen LogP contribution is -1.98. The van der Waals surface area contributed by atoms with Crippen molar-refractivity contribution in [2.45, 2.75) is 13.0 Å². The van der Waals surface area contributed by atoms with Crippen LogP contribution in [-0.2, 0) is 13.0 Å². The van der Waals surface area contributed by atoms with Gasteiger partial charge >= 0.3 is 0 Å². The average molecular weight is 173 g/mol. The maximum absolute atomic E-state index is 3.99. The van der Waals surface area contributed by atoms with E-state index in [2.05, 4.69) is 14.5 Å². The van der Waals surface area contributed by atoms with Crippen LogP contribution in [0, 0.1) is 0 Å². The van der Waals surface area contributed by atoms with E-state index >= 15 is 0 Å². The van der Waals surface area contributed by atoms with Gasteiger partial charge in [-0.15, -0.1) is 0 Å². The predicted octanol–water partition coefficient (Wildman–Crippen LogP) is 1.52. The third kappa shape index (κ3) is 2.15. The van der Waals surface area contributed by atoms with E-state index in [1.54, 1.807) is 6.20 Å². The lowest BCUT2D eigenvalue weighted by molar-refractivity contribution is 0.695. The number of nitrogens with zero attached hydrogens (tertiary/aromatic N) is 3. The predicted molar refractivity (Wildman–Crippen MR) is 50.2 cm³/mol. The minimum absolute atomic E-state index is 0.976. The van der Waals surface area contributed by atoms with Crippen LogP contribution in [-0.4, -0.2) is 14.5 Å². The van der Waals surface area contributed by atoms with Crippen LogP contribution in [0.4, 0.5) is 0 Å². The minimum atomic E-state index is 0.976. The molecule has 3 heteroatoms. The molecule has 0 unspecified atom stereocenters. The SMILES string of the molecule is c1cc(CCn2ccnc2)ccn1. The fourth-order valence-electron chi connectivity index (χ4n) is 1.23. The molecule has 0 atom stereocenters. The largest absolute Gasteiger partial charge is 0.337 e. The maximum atomic E-state index is 3.99. The van der Waals surface area contributed by atoms with Crippen molar-refractivity contribution in [1.82, 2.24) is 14.5 Å². The summed E-state index contributed by atoms with van der Waals surface area (Å²) in [5.41, 5.74) is 1.31. The minimum Gasteiger partial charge on any atom is -0.337 e. The summed E-state index contributed by atoms with van der Waals surface area (Å²) in [5, 5.41) is 0. The third-order valence-corrected chi connectivity index (χ3v) is 1.97. The molecule has 2 heterocycles. The highest BCUT2D eigenvalue weighted by molar-refractivity contribution is 5.09. The second-order valence-electron chi connectivity index (χ2n) is 2.91. The smallest absolute Gasteiger partial charge is 0.0946 e. The van der Waals surface area contributed by atoms with Gasteiger partial charge in [0.2, 0.25) is 0 Å². The van der Waals surface area contributed by atoms with Gasteiger partial charge in [-0.1, -0.05) is 0 Å². The van der Waals surface area contributed by atoms with E-state index in [1.807, 2.05) is 37.1 Å². The molecular weight excluding hydrogens is 162 g/mol. The maximum Gasteiger partial charge on any atom is 0.0946 e. The number of pyridine rings is 1. The summed E-state index contributed by atoms with van der Waals surface area (Å²) in [6, 6.07) is 4.08. The first-order chi connectivity index (χ1) is 6.45. The molecule has 2 rings (SSSR count). The number of aryl methyl sites for hydroxylation is 2. The van der Waals surface area contributed by atoms with Crippen molar-refractivity contribution in [3.63, 3.8) is 0 Å². The van der Waals surface area contributed by atoms with Crippen LogP contribution in [0.3, 0.4) is 0 Å². The van der Waals surface area contributed by atoms with Crippen LogP contribution >= 0.6 is 0 Å². The van der Waals surface area contributed by atoms with E-state index in [9.17, 15) is 0 Å². The molecule has 0 aliphatic heterocycles. The van der Waals surface area contributed by atoms with Crippen molar-refractivity contribution in [2.24, 2.45) is 0 Å². The monoisotopic (exact) mass is 173 g/mol. The van der Waals surface area contributed by atoms with Gasteiger partial charge in [-0.05, 0) is 24.1 Å². The molecule has 0 bridgehead atoms. The van der Waals surface area contributed by atoms with Crippen LogP contribution in [0.1, 0.15) is 5.56 Å². The standard InChI is InChI=1S/C10H11N3/c1-4-11-5-2-10(1)3-7-13-8-6-12-9-13/h1-2,4-6,8-9H,3,7H2. The zero-order valence-corrected chi connectivity index (χ0v) is 7.30. The van der Waals surface area contributed by atoms with Gasteiger partial charge < -0.3 is 4.57 Å². The highest BCUT2D eigenvalue weighted by atomic mass is 15.0. The fraction of sp³-hybridized carbons (Fsp3) is 0.200. The van der Waals surface area contributed by atoms with E-state index < -0.39 is 0 Å². The summed E-state index contributed by atoms with van der Waals surface area (Å²) in [5.74, 6) is 0. The van der Waals surface area contributed by atoms with Crippen LogP contribution in [0.25, 0.3) is 0 Å². The Labute approximate surface area is 77.1 Å². The molecule has 0 aliphatic rings. The molecule has 13 heavy (non-hydrogen) atoms. The first-order valence-corrected chi connectivity index (χ1v) is 4.30. The Morgan fingerprint density at radius 2 is 1.92 bits per heavy atom. The van der Waals surface area contributed by atoms with Crippen molar-refractivity contribution in [1.29, 1.82) is 0 Å². The Kier molecular flexibility index (Phi) is 2.36. The number of rotatable bonds is 3. The molecule has 0 spiro atoms. The van der Waals surface area contributed by atoms with Gasteiger partial charge in [-0.25, -0.2) is 4.98 Å². The van der Waals surface area contributed by atoms with Crippen LogP contribution in [0.5, 0.6) is 0 Å². The van der Waals surface area contributed by atoms with Gasteiger partial charge in [-0.2, -0.15) is 0 Å². The Bertz CT molecular complexity index is 340. The fourth-order valence-corrected chi connectivity index (χ4v) is 1.23. The molecular formula is C10H11N3. The average Bonchev–Trinajstić information content (AvgIpc) is 2.69. The molecule has 0 fully saturated rings. The first kappa shape index (κ1) is 7.98. The van der Waals surface area contributed by atoms with Crippen molar-refractivity contribution < 1.29 is 0 Å². The summed E-state index contributed by atoms with van der Waals surface area (Å²) < 4.78 is 2.07. The molecule has 0 aromatic carbocycles. The highest BCUT2D eigenvalue weighted by Gasteiger charge is 1.92. The topological polar surface area (TPSA) is 30.7 Å². The zero-order valence-electron chi connectivity index (χ0n) is 7.30. The Hall–Kier alpha value is -1.64. The number of hydrogen-bond donors (Lipinski definition) is 0. The van der Waals surface area contributed by atoms with E-state index in [-0.39, 0.29) is 0 Å². The van der Waals surface area contributed by atoms with Crippen molar-refractivity contribution in [3.05, 3.63) is 48.8 Å². The van der Waals surface area contributed by atoms with Gasteiger partial charge in [-0.3, -0.25) is 4.98 Å². The Morgan fingerprint density at radius 1 is 1.08 bits per heavy atom. The van der Waals surface area contributed by atoms with Gasteiger partial charge in [0.25, 0.3) is 0 Å². The summed E-state index contributed by atoms with van der Waals surface area (Å²) >= 11 is 0. The molecule has 0 N–H and O–H groups in total. The third-order valence-electron chi connectivity index (χ3n) is 1.97. The van der Waals surface area contributed by atoms with Gasteiger partial charge in [0.05, 0.1) is 6.33 Å². The number of imidazole rings is 1. The van der Waals surface area contributed by atoms with E-state index in [4.69, 9.17) is 0 Å². The second kappa shape index (κ2) is 3.85. The van der Waals surface area contributed by atoms with E-state index in [1.165, 1.54) is 5.56 Å². The van der Waals surface area contributed by atoms with Crippen molar-refractivity contribution in [2.75, 3.05) is 0 Å². The molecule has 0 saturated carbocycles.